The standard InChI is InChI=1S/C24H23ClN4O4/c1-16-20(17(2)29(28-16)14-19-10-6-7-11-21(19)25)12-13-23(31)33-15-22(30)26-27-24(32)18-8-4-3-5-9-18/h3-13H,14-15H2,1-2H3,(H,26,30)(H,27,32)/b13-12+. The Morgan fingerprint density at radius 3 is 2.45 bits per heavy atom. The van der Waals surface area contributed by atoms with Crippen molar-refractivity contribution < 1.29 is 19.1 Å². The number of hydrazine groups is 1. The van der Waals surface area contributed by atoms with E-state index < -0.39 is 24.4 Å². The highest BCUT2D eigenvalue weighted by atomic mass is 35.5. The molecule has 8 nitrogen and oxygen atoms in total. The average Bonchev–Trinajstić information content (AvgIpc) is 3.08. The zero-order valence-electron chi connectivity index (χ0n) is 18.2. The highest BCUT2D eigenvalue weighted by molar-refractivity contribution is 6.31. The van der Waals surface area contributed by atoms with Gasteiger partial charge in [-0.3, -0.25) is 25.1 Å². The minimum atomic E-state index is -0.697. The van der Waals surface area contributed by atoms with Crippen LogP contribution in [0.15, 0.2) is 60.7 Å². The molecule has 170 valence electrons. The average molecular weight is 467 g/mol. The van der Waals surface area contributed by atoms with Gasteiger partial charge < -0.3 is 4.74 Å². The number of ether oxygens (including phenoxy) is 1. The summed E-state index contributed by atoms with van der Waals surface area (Å²) in [6.45, 7) is 3.69. The number of aryl methyl sites for hydroxylation is 1. The molecule has 2 aromatic carbocycles. The number of carbonyl (C=O) groups excluding carboxylic acids is 3. The van der Waals surface area contributed by atoms with Gasteiger partial charge in [-0.05, 0) is 43.7 Å². The number of amides is 2. The van der Waals surface area contributed by atoms with Gasteiger partial charge in [-0.15, -0.1) is 0 Å². The minimum absolute atomic E-state index is 0.388. The molecule has 1 heterocycles. The summed E-state index contributed by atoms with van der Waals surface area (Å²) in [5.41, 5.74) is 8.15. The van der Waals surface area contributed by atoms with E-state index in [1.807, 2.05) is 42.8 Å². The number of halogens is 1. The SMILES string of the molecule is Cc1nn(Cc2ccccc2Cl)c(C)c1/C=C/C(=O)OCC(=O)NNC(=O)c1ccccc1. The Bertz CT molecular complexity index is 1190. The first-order valence-electron chi connectivity index (χ1n) is 10.1. The van der Waals surface area contributed by atoms with E-state index >= 15 is 0 Å². The molecule has 0 aliphatic heterocycles. The first kappa shape index (κ1) is 23.7. The lowest BCUT2D eigenvalue weighted by atomic mass is 10.1. The Hall–Kier alpha value is -3.91. The number of aromatic nitrogens is 2. The molecule has 2 amide bonds. The summed E-state index contributed by atoms with van der Waals surface area (Å²) in [5.74, 6) is -1.84. The number of carbonyl (C=O) groups is 3. The number of benzene rings is 2. The Kier molecular flexibility index (Phi) is 7.99. The van der Waals surface area contributed by atoms with Crippen molar-refractivity contribution >= 4 is 35.5 Å². The van der Waals surface area contributed by atoms with Crippen molar-refractivity contribution in [3.63, 3.8) is 0 Å². The van der Waals surface area contributed by atoms with E-state index in [-0.39, 0.29) is 0 Å². The largest absolute Gasteiger partial charge is 0.452 e. The zero-order chi connectivity index (χ0) is 23.8. The second-order valence-corrected chi connectivity index (χ2v) is 7.55. The van der Waals surface area contributed by atoms with Gasteiger partial charge in [0.25, 0.3) is 11.8 Å². The molecule has 0 saturated heterocycles. The molecule has 2 N–H and O–H groups in total. The number of hydrogen-bond acceptors (Lipinski definition) is 5. The van der Waals surface area contributed by atoms with Gasteiger partial charge in [-0.1, -0.05) is 48.0 Å². The zero-order valence-corrected chi connectivity index (χ0v) is 18.9. The van der Waals surface area contributed by atoms with Gasteiger partial charge in [-0.2, -0.15) is 5.10 Å². The lowest BCUT2D eigenvalue weighted by Crippen LogP contribution is -2.43. The van der Waals surface area contributed by atoms with Crippen LogP contribution in [0.3, 0.4) is 0 Å². The van der Waals surface area contributed by atoms with E-state index in [0.29, 0.717) is 17.1 Å². The van der Waals surface area contributed by atoms with Gasteiger partial charge in [0.15, 0.2) is 6.61 Å². The van der Waals surface area contributed by atoms with Crippen LogP contribution in [-0.2, 0) is 20.9 Å². The molecule has 1 aromatic heterocycles. The van der Waals surface area contributed by atoms with Crippen LogP contribution >= 0.6 is 11.6 Å². The molecule has 0 radical (unpaired) electrons. The topological polar surface area (TPSA) is 102 Å². The molecule has 0 atom stereocenters. The van der Waals surface area contributed by atoms with Crippen LogP contribution in [0.1, 0.15) is 32.9 Å². The summed E-state index contributed by atoms with van der Waals surface area (Å²) in [6, 6.07) is 15.9. The summed E-state index contributed by atoms with van der Waals surface area (Å²) in [6.07, 6.45) is 2.82. The molecule has 33 heavy (non-hydrogen) atoms. The summed E-state index contributed by atoms with van der Waals surface area (Å²) in [7, 11) is 0. The maximum absolute atomic E-state index is 12.0. The monoisotopic (exact) mass is 466 g/mol. The van der Waals surface area contributed by atoms with Crippen LogP contribution in [0.25, 0.3) is 6.08 Å². The van der Waals surface area contributed by atoms with Crippen LogP contribution in [0.4, 0.5) is 0 Å². The van der Waals surface area contributed by atoms with Crippen LogP contribution in [0.2, 0.25) is 5.02 Å². The lowest BCUT2D eigenvalue weighted by Gasteiger charge is -2.07. The van der Waals surface area contributed by atoms with E-state index in [1.165, 1.54) is 6.08 Å². The van der Waals surface area contributed by atoms with Gasteiger partial charge in [0.2, 0.25) is 0 Å². The van der Waals surface area contributed by atoms with E-state index in [9.17, 15) is 14.4 Å². The number of rotatable bonds is 7. The predicted molar refractivity (Wildman–Crippen MR) is 124 cm³/mol. The van der Waals surface area contributed by atoms with Crippen LogP contribution in [0, 0.1) is 13.8 Å². The second kappa shape index (κ2) is 11.1. The third kappa shape index (κ3) is 6.54. The first-order valence-corrected chi connectivity index (χ1v) is 10.5. The van der Waals surface area contributed by atoms with E-state index in [1.54, 1.807) is 36.4 Å². The van der Waals surface area contributed by atoms with Crippen LogP contribution < -0.4 is 10.9 Å². The number of esters is 1. The van der Waals surface area contributed by atoms with Crippen molar-refractivity contribution in [3.05, 3.63) is 93.8 Å². The molecular weight excluding hydrogens is 444 g/mol. The molecule has 0 aliphatic carbocycles. The van der Waals surface area contributed by atoms with E-state index in [2.05, 4.69) is 16.0 Å². The van der Waals surface area contributed by atoms with Gasteiger partial charge >= 0.3 is 5.97 Å². The number of nitrogens with one attached hydrogen (secondary N) is 2. The number of hydrogen-bond donors (Lipinski definition) is 2. The smallest absolute Gasteiger partial charge is 0.331 e. The molecule has 0 spiro atoms. The summed E-state index contributed by atoms with van der Waals surface area (Å²) >= 11 is 6.23. The fraction of sp³-hybridized carbons (Fsp3) is 0.167. The fourth-order valence-corrected chi connectivity index (χ4v) is 3.25. The Balaban J connectivity index is 1.51. The van der Waals surface area contributed by atoms with Gasteiger partial charge in [0, 0.05) is 27.9 Å². The highest BCUT2D eigenvalue weighted by Gasteiger charge is 2.12. The Labute approximate surface area is 196 Å². The third-order valence-corrected chi connectivity index (χ3v) is 5.17. The summed E-state index contributed by atoms with van der Waals surface area (Å²) in [4.78, 5) is 35.7. The quantitative estimate of drug-likeness (QED) is 0.316. The van der Waals surface area contributed by atoms with E-state index in [4.69, 9.17) is 16.3 Å². The molecular formula is C24H23ClN4O4. The molecule has 0 unspecified atom stereocenters. The predicted octanol–water partition coefficient (Wildman–Crippen LogP) is 3.22. The third-order valence-electron chi connectivity index (χ3n) is 4.80. The van der Waals surface area contributed by atoms with Crippen LogP contribution in [0.5, 0.6) is 0 Å². The maximum atomic E-state index is 12.0. The van der Waals surface area contributed by atoms with Crippen molar-refractivity contribution in [3.8, 4) is 0 Å². The molecule has 3 aromatic rings. The minimum Gasteiger partial charge on any atom is -0.452 e. The van der Waals surface area contributed by atoms with Crippen LogP contribution in [-0.4, -0.2) is 34.2 Å². The summed E-state index contributed by atoms with van der Waals surface area (Å²) in [5, 5.41) is 5.17. The molecule has 0 fully saturated rings. The molecule has 0 bridgehead atoms. The highest BCUT2D eigenvalue weighted by Crippen LogP contribution is 2.20. The second-order valence-electron chi connectivity index (χ2n) is 7.14. The van der Waals surface area contributed by atoms with Gasteiger partial charge in [0.05, 0.1) is 12.2 Å². The molecule has 0 saturated carbocycles. The van der Waals surface area contributed by atoms with E-state index in [0.717, 1.165) is 22.5 Å². The van der Waals surface area contributed by atoms with Crippen molar-refractivity contribution in [2.24, 2.45) is 0 Å². The Morgan fingerprint density at radius 2 is 1.73 bits per heavy atom. The lowest BCUT2D eigenvalue weighted by molar-refractivity contribution is -0.144. The van der Waals surface area contributed by atoms with Gasteiger partial charge in [0.1, 0.15) is 0 Å². The molecule has 9 heteroatoms. The van der Waals surface area contributed by atoms with Crippen molar-refractivity contribution in [2.75, 3.05) is 6.61 Å². The Morgan fingerprint density at radius 1 is 1.03 bits per heavy atom. The summed E-state index contributed by atoms with van der Waals surface area (Å²) < 4.78 is 6.74. The maximum Gasteiger partial charge on any atom is 0.331 e. The van der Waals surface area contributed by atoms with Crippen molar-refractivity contribution in [1.29, 1.82) is 0 Å². The number of nitrogens with zero attached hydrogens (tertiary/aromatic N) is 2. The van der Waals surface area contributed by atoms with Crippen molar-refractivity contribution in [1.82, 2.24) is 20.6 Å². The molecule has 0 aliphatic rings. The normalized spacial score (nSPS) is 10.8. The van der Waals surface area contributed by atoms with Gasteiger partial charge in [-0.25, -0.2) is 4.79 Å². The first-order chi connectivity index (χ1) is 15.8. The fourth-order valence-electron chi connectivity index (χ4n) is 3.05. The molecule has 3 rings (SSSR count). The van der Waals surface area contributed by atoms with Crippen molar-refractivity contribution in [2.45, 2.75) is 20.4 Å².